The maximum Gasteiger partial charge on any atom is 0.433 e. The van der Waals surface area contributed by atoms with Gasteiger partial charge in [0.15, 0.2) is 5.16 Å². The Labute approximate surface area is 148 Å². The molecule has 124 valence electrons. The average Bonchev–Trinajstić information content (AvgIpc) is 3.02. The summed E-state index contributed by atoms with van der Waals surface area (Å²) >= 11 is 8.43. The van der Waals surface area contributed by atoms with Crippen molar-refractivity contribution in [2.75, 3.05) is 0 Å². The second kappa shape index (κ2) is 7.08. The van der Waals surface area contributed by atoms with Gasteiger partial charge in [0.25, 0.3) is 0 Å². The Hall–Kier alpha value is -1.64. The second-order valence-corrected chi connectivity index (χ2v) is 6.90. The Morgan fingerprint density at radius 2 is 1.83 bits per heavy atom. The summed E-state index contributed by atoms with van der Waals surface area (Å²) in [4.78, 5) is 11.9. The van der Waals surface area contributed by atoms with Crippen molar-refractivity contribution in [3.8, 4) is 10.6 Å². The zero-order chi connectivity index (χ0) is 17.2. The molecule has 0 aliphatic rings. The topological polar surface area (TPSA) is 38.7 Å². The van der Waals surface area contributed by atoms with Crippen molar-refractivity contribution in [2.24, 2.45) is 0 Å². The Morgan fingerprint density at radius 3 is 2.54 bits per heavy atom. The van der Waals surface area contributed by atoms with Gasteiger partial charge >= 0.3 is 6.18 Å². The minimum Gasteiger partial charge on any atom is -0.240 e. The third-order valence-corrected chi connectivity index (χ3v) is 5.00. The van der Waals surface area contributed by atoms with E-state index in [0.717, 1.165) is 40.3 Å². The lowest BCUT2D eigenvalue weighted by Crippen LogP contribution is -2.08. The minimum atomic E-state index is -4.47. The molecular weight excluding hydrogens is 379 g/mol. The van der Waals surface area contributed by atoms with Gasteiger partial charge in [0, 0.05) is 27.9 Å². The summed E-state index contributed by atoms with van der Waals surface area (Å²) < 4.78 is 37.9. The molecule has 2 heterocycles. The van der Waals surface area contributed by atoms with Gasteiger partial charge in [-0.1, -0.05) is 35.5 Å². The number of benzene rings is 1. The summed E-state index contributed by atoms with van der Waals surface area (Å²) in [5.74, 6) is 0.394. The first-order valence-corrected chi connectivity index (χ1v) is 8.89. The lowest BCUT2D eigenvalue weighted by molar-refractivity contribution is -0.141. The van der Waals surface area contributed by atoms with Gasteiger partial charge in [-0.15, -0.1) is 11.3 Å². The SMILES string of the molecule is FC(F)(F)c1ccnc(SCc2csc(-c3ccc(Cl)cc3)n2)n1. The van der Waals surface area contributed by atoms with E-state index in [-0.39, 0.29) is 5.16 Å². The number of aromatic nitrogens is 3. The normalized spacial score (nSPS) is 11.7. The highest BCUT2D eigenvalue weighted by Gasteiger charge is 2.32. The van der Waals surface area contributed by atoms with Gasteiger partial charge in [0.1, 0.15) is 10.7 Å². The van der Waals surface area contributed by atoms with Crippen molar-refractivity contribution in [1.82, 2.24) is 15.0 Å². The van der Waals surface area contributed by atoms with Gasteiger partial charge in [-0.05, 0) is 18.2 Å². The predicted molar refractivity (Wildman–Crippen MR) is 89.2 cm³/mol. The summed E-state index contributed by atoms with van der Waals surface area (Å²) in [5.41, 5.74) is 0.757. The zero-order valence-electron chi connectivity index (χ0n) is 11.9. The van der Waals surface area contributed by atoms with Gasteiger partial charge in [0.05, 0.1) is 5.69 Å². The van der Waals surface area contributed by atoms with E-state index < -0.39 is 11.9 Å². The fourth-order valence-electron chi connectivity index (χ4n) is 1.81. The number of halogens is 4. The molecule has 3 aromatic rings. The van der Waals surface area contributed by atoms with Crippen molar-refractivity contribution in [1.29, 1.82) is 0 Å². The van der Waals surface area contributed by atoms with Crippen molar-refractivity contribution < 1.29 is 13.2 Å². The van der Waals surface area contributed by atoms with Gasteiger partial charge in [-0.2, -0.15) is 13.2 Å². The molecule has 0 atom stereocenters. The van der Waals surface area contributed by atoms with Crippen LogP contribution in [-0.4, -0.2) is 15.0 Å². The molecule has 3 nitrogen and oxygen atoms in total. The molecule has 0 radical (unpaired) electrons. The fraction of sp³-hybridized carbons (Fsp3) is 0.133. The van der Waals surface area contributed by atoms with Crippen LogP contribution in [0, 0.1) is 0 Å². The average molecular weight is 388 g/mol. The third kappa shape index (κ3) is 4.25. The predicted octanol–water partition coefficient (Wildman–Crippen LogP) is 5.56. The number of thiazole rings is 1. The smallest absolute Gasteiger partial charge is 0.240 e. The molecule has 2 aromatic heterocycles. The minimum absolute atomic E-state index is 0.0749. The number of hydrogen-bond donors (Lipinski definition) is 0. The Bertz CT molecular complexity index is 834. The van der Waals surface area contributed by atoms with Gasteiger partial charge in [-0.25, -0.2) is 15.0 Å². The first-order valence-electron chi connectivity index (χ1n) is 6.65. The molecule has 0 aliphatic heterocycles. The standard InChI is InChI=1S/C15H9ClF3N3S2/c16-10-3-1-9(2-4-10)13-21-11(7-23-13)8-24-14-20-6-5-12(22-14)15(17,18)19/h1-7H,8H2. The summed E-state index contributed by atoms with van der Waals surface area (Å²) in [6.45, 7) is 0. The maximum atomic E-state index is 12.6. The molecule has 0 saturated heterocycles. The quantitative estimate of drug-likeness (QED) is 0.433. The monoisotopic (exact) mass is 387 g/mol. The number of hydrogen-bond acceptors (Lipinski definition) is 5. The van der Waals surface area contributed by atoms with Crippen LogP contribution in [0.2, 0.25) is 5.02 Å². The first kappa shape index (κ1) is 17.2. The number of thioether (sulfide) groups is 1. The molecule has 0 saturated carbocycles. The molecule has 1 aromatic carbocycles. The number of alkyl halides is 3. The lowest BCUT2D eigenvalue weighted by atomic mass is 10.2. The zero-order valence-corrected chi connectivity index (χ0v) is 14.3. The van der Waals surface area contributed by atoms with Crippen molar-refractivity contribution in [2.45, 2.75) is 17.1 Å². The van der Waals surface area contributed by atoms with Crippen LogP contribution in [0.1, 0.15) is 11.4 Å². The van der Waals surface area contributed by atoms with Gasteiger partial charge in [-0.3, -0.25) is 0 Å². The van der Waals surface area contributed by atoms with Crippen LogP contribution in [0.3, 0.4) is 0 Å². The van der Waals surface area contributed by atoms with E-state index in [4.69, 9.17) is 11.6 Å². The largest absolute Gasteiger partial charge is 0.433 e. The fourth-order valence-corrected chi connectivity index (χ4v) is 3.59. The van der Waals surface area contributed by atoms with E-state index in [1.54, 1.807) is 12.1 Å². The number of nitrogens with zero attached hydrogens (tertiary/aromatic N) is 3. The molecular formula is C15H9ClF3N3S2. The van der Waals surface area contributed by atoms with E-state index >= 15 is 0 Å². The van der Waals surface area contributed by atoms with E-state index in [9.17, 15) is 13.2 Å². The highest BCUT2D eigenvalue weighted by Crippen LogP contribution is 2.30. The molecule has 0 N–H and O–H groups in total. The Balaban J connectivity index is 1.69. The van der Waals surface area contributed by atoms with Crippen LogP contribution in [0.15, 0.2) is 47.1 Å². The van der Waals surface area contributed by atoms with Crippen molar-refractivity contribution >= 4 is 34.7 Å². The van der Waals surface area contributed by atoms with Gasteiger partial charge in [0.2, 0.25) is 0 Å². The van der Waals surface area contributed by atoms with Gasteiger partial charge < -0.3 is 0 Å². The summed E-state index contributed by atoms with van der Waals surface area (Å²) in [5, 5.41) is 3.41. The second-order valence-electron chi connectivity index (χ2n) is 4.66. The third-order valence-electron chi connectivity index (χ3n) is 2.92. The van der Waals surface area contributed by atoms with Crippen LogP contribution in [-0.2, 0) is 11.9 Å². The molecule has 24 heavy (non-hydrogen) atoms. The Morgan fingerprint density at radius 1 is 1.08 bits per heavy atom. The molecule has 0 unspecified atom stereocenters. The Kier molecular flexibility index (Phi) is 5.07. The maximum absolute atomic E-state index is 12.6. The summed E-state index contributed by atoms with van der Waals surface area (Å²) in [6.07, 6.45) is -3.36. The molecule has 0 bridgehead atoms. The van der Waals surface area contributed by atoms with Crippen LogP contribution >= 0.6 is 34.7 Å². The van der Waals surface area contributed by atoms with E-state index in [0.29, 0.717) is 10.8 Å². The number of rotatable bonds is 4. The van der Waals surface area contributed by atoms with E-state index in [1.807, 2.05) is 17.5 Å². The molecule has 9 heteroatoms. The first-order chi connectivity index (χ1) is 11.4. The highest BCUT2D eigenvalue weighted by molar-refractivity contribution is 7.98. The van der Waals surface area contributed by atoms with Crippen molar-refractivity contribution in [3.63, 3.8) is 0 Å². The molecule has 0 amide bonds. The molecule has 0 aliphatic carbocycles. The van der Waals surface area contributed by atoms with Crippen LogP contribution < -0.4 is 0 Å². The van der Waals surface area contributed by atoms with Crippen LogP contribution in [0.25, 0.3) is 10.6 Å². The van der Waals surface area contributed by atoms with Crippen LogP contribution in [0.4, 0.5) is 13.2 Å². The van der Waals surface area contributed by atoms with Crippen LogP contribution in [0.5, 0.6) is 0 Å². The molecule has 3 rings (SSSR count). The summed E-state index contributed by atoms with van der Waals surface area (Å²) in [6, 6.07) is 8.15. The van der Waals surface area contributed by atoms with E-state index in [1.165, 1.54) is 11.3 Å². The highest BCUT2D eigenvalue weighted by atomic mass is 35.5. The summed E-state index contributed by atoms with van der Waals surface area (Å²) in [7, 11) is 0. The lowest BCUT2D eigenvalue weighted by Gasteiger charge is -2.06. The van der Waals surface area contributed by atoms with E-state index in [2.05, 4.69) is 15.0 Å². The molecule has 0 spiro atoms. The van der Waals surface area contributed by atoms with Crippen molar-refractivity contribution in [3.05, 3.63) is 58.3 Å². The molecule has 0 fully saturated rings.